The number of aryl methyl sites for hydroxylation is 1. The van der Waals surface area contributed by atoms with Crippen LogP contribution in [-0.4, -0.2) is 5.78 Å². The lowest BCUT2D eigenvalue weighted by Gasteiger charge is -2.05. The summed E-state index contributed by atoms with van der Waals surface area (Å²) < 4.78 is 13.3. The highest BCUT2D eigenvalue weighted by Gasteiger charge is 2.10. The number of nitrogen functional groups attached to an aromatic ring is 1. The molecule has 0 atom stereocenters. The average molecular weight is 278 g/mol. The average Bonchev–Trinajstić information content (AvgIpc) is 2.37. The van der Waals surface area contributed by atoms with E-state index in [1.807, 2.05) is 6.92 Å². The Labute approximate surface area is 116 Å². The van der Waals surface area contributed by atoms with Crippen molar-refractivity contribution in [3.63, 3.8) is 0 Å². The van der Waals surface area contributed by atoms with Gasteiger partial charge in [-0.15, -0.1) is 0 Å². The highest BCUT2D eigenvalue weighted by Crippen LogP contribution is 2.18. The van der Waals surface area contributed by atoms with Crippen LogP contribution in [0.5, 0.6) is 0 Å². The third-order valence-electron chi connectivity index (χ3n) is 2.95. The Kier molecular flexibility index (Phi) is 3.86. The second-order valence-corrected chi connectivity index (χ2v) is 4.83. The molecule has 0 saturated carbocycles. The summed E-state index contributed by atoms with van der Waals surface area (Å²) in [6.07, 6.45) is 0.122. The summed E-state index contributed by atoms with van der Waals surface area (Å²) in [6, 6.07) is 9.52. The van der Waals surface area contributed by atoms with Crippen molar-refractivity contribution < 1.29 is 9.18 Å². The van der Waals surface area contributed by atoms with E-state index in [1.165, 1.54) is 12.1 Å². The molecule has 2 rings (SSSR count). The van der Waals surface area contributed by atoms with Crippen molar-refractivity contribution in [1.29, 1.82) is 0 Å². The Morgan fingerprint density at radius 1 is 1.26 bits per heavy atom. The van der Waals surface area contributed by atoms with E-state index in [9.17, 15) is 9.18 Å². The number of halogens is 2. The second kappa shape index (κ2) is 5.41. The number of Topliss-reactive ketones (excluding diaryl/α,β-unsaturated/α-hetero) is 1. The Morgan fingerprint density at radius 2 is 2.00 bits per heavy atom. The van der Waals surface area contributed by atoms with Crippen molar-refractivity contribution in [1.82, 2.24) is 0 Å². The monoisotopic (exact) mass is 277 g/mol. The van der Waals surface area contributed by atoms with Crippen LogP contribution >= 0.6 is 11.6 Å². The van der Waals surface area contributed by atoms with E-state index in [0.717, 1.165) is 5.56 Å². The van der Waals surface area contributed by atoms with Crippen molar-refractivity contribution in [2.24, 2.45) is 0 Å². The maximum Gasteiger partial charge on any atom is 0.167 e. The first-order valence-corrected chi connectivity index (χ1v) is 6.18. The van der Waals surface area contributed by atoms with E-state index < -0.39 is 5.82 Å². The minimum Gasteiger partial charge on any atom is -0.398 e. The molecule has 0 saturated heterocycles. The molecule has 98 valence electrons. The SMILES string of the molecule is Cc1ccc(C(=O)Cc2ccc(Cl)c(F)c2)cc1N. The molecule has 0 aliphatic rings. The maximum absolute atomic E-state index is 13.3. The van der Waals surface area contributed by atoms with E-state index in [0.29, 0.717) is 16.8 Å². The lowest BCUT2D eigenvalue weighted by atomic mass is 10.0. The molecule has 19 heavy (non-hydrogen) atoms. The van der Waals surface area contributed by atoms with Gasteiger partial charge in [-0.1, -0.05) is 29.8 Å². The first-order chi connectivity index (χ1) is 8.97. The fourth-order valence-corrected chi connectivity index (χ4v) is 1.87. The number of anilines is 1. The summed E-state index contributed by atoms with van der Waals surface area (Å²) >= 11 is 5.60. The van der Waals surface area contributed by atoms with E-state index in [2.05, 4.69) is 0 Å². The number of ketones is 1. The quantitative estimate of drug-likeness (QED) is 0.685. The largest absolute Gasteiger partial charge is 0.398 e. The van der Waals surface area contributed by atoms with Gasteiger partial charge < -0.3 is 5.73 Å². The normalized spacial score (nSPS) is 10.5. The van der Waals surface area contributed by atoms with Crippen LogP contribution in [0.15, 0.2) is 36.4 Å². The van der Waals surface area contributed by atoms with Crippen LogP contribution in [-0.2, 0) is 6.42 Å². The first-order valence-electron chi connectivity index (χ1n) is 5.80. The summed E-state index contributed by atoms with van der Waals surface area (Å²) in [5.41, 5.74) is 8.38. The molecule has 2 nitrogen and oxygen atoms in total. The van der Waals surface area contributed by atoms with Gasteiger partial charge in [0.2, 0.25) is 0 Å². The molecule has 0 heterocycles. The Hall–Kier alpha value is -1.87. The summed E-state index contributed by atoms with van der Waals surface area (Å²) in [5, 5.41) is 0.0516. The van der Waals surface area contributed by atoms with Crippen molar-refractivity contribution >= 4 is 23.1 Å². The molecule has 2 N–H and O–H groups in total. The summed E-state index contributed by atoms with van der Waals surface area (Å²) in [6.45, 7) is 1.87. The van der Waals surface area contributed by atoms with Gasteiger partial charge in [0.25, 0.3) is 0 Å². The topological polar surface area (TPSA) is 43.1 Å². The number of hydrogen-bond acceptors (Lipinski definition) is 2. The molecule has 0 aliphatic heterocycles. The van der Waals surface area contributed by atoms with Gasteiger partial charge in [0.15, 0.2) is 5.78 Å². The zero-order chi connectivity index (χ0) is 14.0. The van der Waals surface area contributed by atoms with Gasteiger partial charge in [-0.3, -0.25) is 4.79 Å². The number of nitrogens with two attached hydrogens (primary N) is 1. The van der Waals surface area contributed by atoms with Crippen LogP contribution in [0.2, 0.25) is 5.02 Å². The van der Waals surface area contributed by atoms with Crippen molar-refractivity contribution in [3.8, 4) is 0 Å². The third kappa shape index (κ3) is 3.12. The standard InChI is InChI=1S/C15H13ClFNO/c1-9-2-4-11(8-14(9)18)15(19)7-10-3-5-12(16)13(17)6-10/h2-6,8H,7,18H2,1H3. The summed E-state index contributed by atoms with van der Waals surface area (Å²) in [7, 11) is 0. The fourth-order valence-electron chi connectivity index (χ4n) is 1.75. The van der Waals surface area contributed by atoms with Gasteiger partial charge >= 0.3 is 0 Å². The molecular weight excluding hydrogens is 265 g/mol. The van der Waals surface area contributed by atoms with Crippen LogP contribution in [0.25, 0.3) is 0 Å². The highest BCUT2D eigenvalue weighted by atomic mass is 35.5. The molecule has 0 unspecified atom stereocenters. The maximum atomic E-state index is 13.3. The second-order valence-electron chi connectivity index (χ2n) is 4.42. The van der Waals surface area contributed by atoms with E-state index in [-0.39, 0.29) is 17.2 Å². The number of carbonyl (C=O) groups is 1. The molecule has 0 fully saturated rings. The van der Waals surface area contributed by atoms with Gasteiger partial charge in [-0.25, -0.2) is 4.39 Å². The molecule has 0 aromatic heterocycles. The predicted molar refractivity (Wildman–Crippen MR) is 75.0 cm³/mol. The Bertz CT molecular complexity index is 640. The van der Waals surface area contributed by atoms with Crippen molar-refractivity contribution in [2.75, 3.05) is 5.73 Å². The van der Waals surface area contributed by atoms with Crippen molar-refractivity contribution in [2.45, 2.75) is 13.3 Å². The van der Waals surface area contributed by atoms with Crippen LogP contribution < -0.4 is 5.73 Å². The molecule has 0 radical (unpaired) electrons. The molecule has 0 aliphatic carbocycles. The van der Waals surface area contributed by atoms with E-state index in [1.54, 1.807) is 24.3 Å². The fraction of sp³-hybridized carbons (Fsp3) is 0.133. The zero-order valence-electron chi connectivity index (χ0n) is 10.4. The molecule has 2 aromatic carbocycles. The zero-order valence-corrected chi connectivity index (χ0v) is 11.2. The van der Waals surface area contributed by atoms with Gasteiger partial charge in [0.05, 0.1) is 5.02 Å². The predicted octanol–water partition coefficient (Wildman–Crippen LogP) is 3.80. The van der Waals surface area contributed by atoms with Crippen LogP contribution in [0.3, 0.4) is 0 Å². The highest BCUT2D eigenvalue weighted by molar-refractivity contribution is 6.30. The number of benzene rings is 2. The van der Waals surface area contributed by atoms with Gasteiger partial charge in [-0.2, -0.15) is 0 Å². The molecule has 0 amide bonds. The minimum absolute atomic E-state index is 0.0516. The van der Waals surface area contributed by atoms with Gasteiger partial charge in [0, 0.05) is 17.7 Å². The molecule has 0 spiro atoms. The number of carbonyl (C=O) groups excluding carboxylic acids is 1. The lowest BCUT2D eigenvalue weighted by Crippen LogP contribution is -2.05. The summed E-state index contributed by atoms with van der Waals surface area (Å²) in [5.74, 6) is -0.621. The number of rotatable bonds is 3. The third-order valence-corrected chi connectivity index (χ3v) is 3.26. The lowest BCUT2D eigenvalue weighted by molar-refractivity contribution is 0.0993. The van der Waals surface area contributed by atoms with Crippen LogP contribution in [0.4, 0.5) is 10.1 Å². The smallest absolute Gasteiger partial charge is 0.167 e. The Balaban J connectivity index is 2.20. The molecule has 0 bridgehead atoms. The van der Waals surface area contributed by atoms with Crippen molar-refractivity contribution in [3.05, 3.63) is 63.9 Å². The van der Waals surface area contributed by atoms with Gasteiger partial charge in [0.1, 0.15) is 5.82 Å². The molecular formula is C15H13ClFNO. The summed E-state index contributed by atoms with van der Waals surface area (Å²) in [4.78, 5) is 12.1. The van der Waals surface area contributed by atoms with E-state index >= 15 is 0 Å². The van der Waals surface area contributed by atoms with Crippen LogP contribution in [0, 0.1) is 12.7 Å². The molecule has 4 heteroatoms. The minimum atomic E-state index is -0.518. The number of hydrogen-bond donors (Lipinski definition) is 1. The van der Waals surface area contributed by atoms with Crippen LogP contribution in [0.1, 0.15) is 21.5 Å². The molecule has 2 aromatic rings. The first kappa shape index (κ1) is 13.6. The van der Waals surface area contributed by atoms with E-state index in [4.69, 9.17) is 17.3 Å². The Morgan fingerprint density at radius 3 is 2.63 bits per heavy atom. The van der Waals surface area contributed by atoms with Gasteiger partial charge in [-0.05, 0) is 36.2 Å².